The highest BCUT2D eigenvalue weighted by Gasteiger charge is 2.74. The summed E-state index contributed by atoms with van der Waals surface area (Å²) in [6.45, 7) is 17.3. The third kappa shape index (κ3) is 13.9. The Bertz CT molecular complexity index is 3220. The number of hydrogen-bond donors (Lipinski definition) is 12. The Morgan fingerprint density at radius 2 is 1.29 bits per heavy atom. The summed E-state index contributed by atoms with van der Waals surface area (Å²) in [5.41, 5.74) is -3.79. The second-order valence-electron chi connectivity index (χ2n) is 32.4. The predicted molar refractivity (Wildman–Crippen MR) is 350 cm³/mol. The van der Waals surface area contributed by atoms with E-state index < -0.39 is 235 Å². The number of benzene rings is 1. The molecule has 12 N–H and O–H groups in total. The molecule has 4 aliphatic heterocycles. The van der Waals surface area contributed by atoms with Crippen LogP contribution in [0.15, 0.2) is 42.5 Å². The number of carbonyl (C=O) groups excluding carboxylic acids is 5. The van der Waals surface area contributed by atoms with Crippen LogP contribution in [0.4, 0.5) is 0 Å². The molecule has 1 aromatic carbocycles. The average Bonchev–Trinajstić information content (AvgIpc) is 0.670. The summed E-state index contributed by atoms with van der Waals surface area (Å²) in [6.07, 6.45) is -31.5. The lowest BCUT2D eigenvalue weighted by Crippen LogP contribution is -2.70. The van der Waals surface area contributed by atoms with Crippen LogP contribution in [0, 0.1) is 69.0 Å². The highest BCUT2D eigenvalue weighted by Crippen LogP contribution is 2.76. The van der Waals surface area contributed by atoms with Crippen molar-refractivity contribution in [2.75, 3.05) is 20.3 Å². The molecule has 29 nitrogen and oxygen atoms in total. The zero-order chi connectivity index (χ0) is 74.4. The van der Waals surface area contributed by atoms with Crippen LogP contribution in [-0.4, -0.2) is 265 Å². The number of hydrogen-bond acceptors (Lipinski definition) is 29. The van der Waals surface area contributed by atoms with Crippen molar-refractivity contribution in [2.45, 2.75) is 280 Å². The first-order valence-electron chi connectivity index (χ1n) is 35.8. The minimum atomic E-state index is -2.08. The largest absolute Gasteiger partial charge is 0.467 e. The van der Waals surface area contributed by atoms with Crippen molar-refractivity contribution in [2.24, 2.45) is 62.1 Å². The monoisotopic (exact) mass is 1450 g/mol. The van der Waals surface area contributed by atoms with E-state index in [0.717, 1.165) is 25.9 Å². The van der Waals surface area contributed by atoms with Crippen molar-refractivity contribution in [1.29, 1.82) is 0 Å². The van der Waals surface area contributed by atoms with Crippen LogP contribution < -0.4 is 0 Å². The molecular weight excluding hydrogens is 1340 g/mol. The summed E-state index contributed by atoms with van der Waals surface area (Å²) in [7, 11) is 1.02. The zero-order valence-corrected chi connectivity index (χ0v) is 59.6. The number of aryl methyl sites for hydroxylation is 1. The number of aliphatic hydroxyl groups excluding tert-OH is 12. The first-order valence-corrected chi connectivity index (χ1v) is 35.8. The van der Waals surface area contributed by atoms with E-state index in [1.165, 1.54) is 6.08 Å². The van der Waals surface area contributed by atoms with E-state index in [9.17, 15) is 80.5 Å². The van der Waals surface area contributed by atoms with Gasteiger partial charge in [-0.3, -0.25) is 9.59 Å². The molecule has 572 valence electrons. The van der Waals surface area contributed by atoms with Gasteiger partial charge in [0, 0.05) is 13.0 Å². The molecule has 0 bridgehead atoms. The highest BCUT2D eigenvalue weighted by atomic mass is 16.8. The molecule has 9 fully saturated rings. The van der Waals surface area contributed by atoms with Gasteiger partial charge in [-0.05, 0) is 135 Å². The van der Waals surface area contributed by atoms with Gasteiger partial charge in [0.1, 0.15) is 79.5 Å². The van der Waals surface area contributed by atoms with Gasteiger partial charge >= 0.3 is 23.9 Å². The van der Waals surface area contributed by atoms with E-state index in [4.69, 9.17) is 56.8 Å². The van der Waals surface area contributed by atoms with Crippen LogP contribution in [-0.2, 0) is 80.8 Å². The molecule has 4 saturated heterocycles. The van der Waals surface area contributed by atoms with E-state index >= 15 is 4.79 Å². The van der Waals surface area contributed by atoms with Crippen molar-refractivity contribution < 1.29 is 142 Å². The number of esters is 4. The Labute approximate surface area is 592 Å². The Hall–Kier alpha value is -4.55. The number of carbonyl (C=O) groups is 5. The summed E-state index contributed by atoms with van der Waals surface area (Å²) in [4.78, 5) is 70.9. The first kappa shape index (κ1) is 78.5. The van der Waals surface area contributed by atoms with Gasteiger partial charge in [0.05, 0.1) is 61.7 Å². The summed E-state index contributed by atoms with van der Waals surface area (Å²) in [6, 6.07) is 7.37. The molecule has 11 rings (SSSR count). The van der Waals surface area contributed by atoms with Gasteiger partial charge in [0.25, 0.3) is 0 Å². The van der Waals surface area contributed by atoms with E-state index in [1.807, 2.05) is 31.2 Å². The number of methoxy groups -OCH3 is 1. The molecule has 29 heteroatoms. The Morgan fingerprint density at radius 3 is 1.96 bits per heavy atom. The second kappa shape index (κ2) is 29.9. The number of aldehydes is 1. The molecule has 5 saturated carbocycles. The molecule has 2 unspecified atom stereocenters. The lowest BCUT2D eigenvalue weighted by molar-refractivity contribution is -0.391. The summed E-state index contributed by atoms with van der Waals surface area (Å²) in [5.74, 6) is -5.98. The van der Waals surface area contributed by atoms with E-state index in [1.54, 1.807) is 26.8 Å². The maximum absolute atomic E-state index is 16.0. The minimum Gasteiger partial charge on any atom is -0.467 e. The molecule has 0 radical (unpaired) electrons. The van der Waals surface area contributed by atoms with Gasteiger partial charge in [-0.15, -0.1) is 0 Å². The maximum atomic E-state index is 16.0. The average molecular weight is 1450 g/mol. The number of rotatable bonds is 17. The molecule has 6 aliphatic carbocycles. The molecule has 102 heavy (non-hydrogen) atoms. The lowest BCUT2D eigenvalue weighted by atomic mass is 9.32. The number of fused-ring (bicyclic) bond motifs is 7. The molecular formula is C73H106O29. The van der Waals surface area contributed by atoms with Crippen LogP contribution in [0.25, 0.3) is 6.08 Å². The van der Waals surface area contributed by atoms with Gasteiger partial charge in [0.2, 0.25) is 6.29 Å². The third-order valence-corrected chi connectivity index (χ3v) is 25.7. The molecule has 0 amide bonds. The van der Waals surface area contributed by atoms with E-state index in [-0.39, 0.29) is 42.9 Å². The topological polar surface area (TPSA) is 439 Å². The number of ether oxygens (including phenoxy) is 12. The fraction of sp³-hybridized carbons (Fsp3) is 0.795. The fourth-order valence-corrected chi connectivity index (χ4v) is 19.6. The quantitative estimate of drug-likeness (QED) is 0.0252. The smallest absolute Gasteiger partial charge is 0.337 e. The van der Waals surface area contributed by atoms with Crippen molar-refractivity contribution in [1.82, 2.24) is 0 Å². The van der Waals surface area contributed by atoms with Crippen LogP contribution in [0.1, 0.15) is 131 Å². The predicted octanol–water partition coefficient (Wildman–Crippen LogP) is 0.477. The molecule has 4 heterocycles. The molecule has 10 aliphatic rings. The molecule has 1 aromatic rings. The van der Waals surface area contributed by atoms with Crippen LogP contribution >= 0.6 is 0 Å². The van der Waals surface area contributed by atoms with Gasteiger partial charge in [0.15, 0.2) is 43.3 Å². The van der Waals surface area contributed by atoms with E-state index in [0.29, 0.717) is 37.7 Å². The normalized spacial score (nSPS) is 49.2. The maximum Gasteiger partial charge on any atom is 0.337 e. The van der Waals surface area contributed by atoms with Crippen LogP contribution in [0.3, 0.4) is 0 Å². The van der Waals surface area contributed by atoms with Gasteiger partial charge in [-0.25, -0.2) is 9.59 Å². The first-order chi connectivity index (χ1) is 47.9. The molecule has 0 spiro atoms. The summed E-state index contributed by atoms with van der Waals surface area (Å²) in [5, 5.41) is 134. The van der Waals surface area contributed by atoms with Gasteiger partial charge < -0.3 is 123 Å². The number of aliphatic hydroxyl groups is 12. The van der Waals surface area contributed by atoms with Crippen LogP contribution in [0.5, 0.6) is 0 Å². The van der Waals surface area contributed by atoms with Crippen molar-refractivity contribution in [3.63, 3.8) is 0 Å². The summed E-state index contributed by atoms with van der Waals surface area (Å²) < 4.78 is 73.7. The minimum absolute atomic E-state index is 0.0218. The van der Waals surface area contributed by atoms with Crippen LogP contribution in [0.2, 0.25) is 0 Å². The van der Waals surface area contributed by atoms with Gasteiger partial charge in [-0.1, -0.05) is 90.4 Å². The zero-order valence-electron chi connectivity index (χ0n) is 59.6. The Morgan fingerprint density at radius 1 is 0.627 bits per heavy atom. The molecule has 0 aromatic heterocycles. The van der Waals surface area contributed by atoms with Crippen molar-refractivity contribution >= 4 is 36.2 Å². The second-order valence-corrected chi connectivity index (χ2v) is 32.4. The molecule has 35 atom stereocenters. The fourth-order valence-electron chi connectivity index (χ4n) is 19.6. The number of allylic oxidation sites excluding steroid dienone is 2. The summed E-state index contributed by atoms with van der Waals surface area (Å²) >= 11 is 0. The Kier molecular flexibility index (Phi) is 23.0. The SMILES string of the molecule is COC(=O)[C@H]1O[C@@H](O[C@H]2CC[C@]3(C)[C@H]4C=CC5[C@@H]6CC(C)(C)CC[C@]6(C(=O)O[C@H]6O[C@@H](C)[C@@H](OC(=O)/C=C/c7ccc(C)cc7)[C@@H](OC(C)=O)[C@@H]6OC6C[C@@H](C)[C@H](O)[C@@H](O)[C@H]6O)[C@H](O)C[C@@]5(C)[C@]4(C)CC[C@H]3[C@]2(C)C=O)[C@H](O[C@H]2O[C@H](CO)[C@H](O)[C@H](O)[C@H]2O)[C@@H](O[C@@H]2OC[C@@H](O)[C@H](O)[C@H]2O)[C@@H]1O. The standard InChI is InChI=1S/C73H106O29/c1-32-12-14-36(15-13-32)16-19-46(79)98-56-34(3)93-65(61(59(56)94-35(4)76)95-40-26-33(2)47(80)51(84)49(40)82)102-67(90)73-25-24-68(5,6)27-38(73)37-17-18-43-69(7)22-21-45(70(8,31-75)42(69)20-23-71(43,9)72(37,10)28-44(73)78)97-66-60(101-64-54(87)52(85)50(83)41(29-74)96-64)57(55(88)58(100-66)62(89)91-11)99-63-53(86)48(81)39(77)30-92-63/h12-19,31,33-34,37-45,47-61,63-66,74,77-78,80-88H,20-30H2,1-11H3/b19-16+/t33-,34+,37?,38+,39-,40?,41-,42-,43-,44-,45+,47+,48+,49+,50+,51-,52+,53-,54-,55+,56-,57+,58+,59-,60-,61+,63+,64-,65-,66-,69+,70+,71-,72-,73-/m1/s1. The Balaban J connectivity index is 0.896. The lowest BCUT2D eigenvalue weighted by Gasteiger charge is -2.72. The van der Waals surface area contributed by atoms with E-state index in [2.05, 4.69) is 46.8 Å². The highest BCUT2D eigenvalue weighted by molar-refractivity contribution is 5.87. The third-order valence-electron chi connectivity index (χ3n) is 25.7. The van der Waals surface area contributed by atoms with Crippen molar-refractivity contribution in [3.05, 3.63) is 53.6 Å². The van der Waals surface area contributed by atoms with Crippen molar-refractivity contribution in [3.8, 4) is 0 Å². The van der Waals surface area contributed by atoms with Gasteiger partial charge in [-0.2, -0.15) is 0 Å².